The van der Waals surface area contributed by atoms with Gasteiger partial charge in [0.2, 0.25) is 5.91 Å². The summed E-state index contributed by atoms with van der Waals surface area (Å²) in [5.74, 6) is -0.681. The first-order chi connectivity index (χ1) is 8.24. The predicted molar refractivity (Wildman–Crippen MR) is 59.7 cm³/mol. The molecule has 1 N–H and O–H groups in total. The molecule has 1 aromatic heterocycles. The van der Waals surface area contributed by atoms with Crippen molar-refractivity contribution < 1.29 is 9.59 Å². The van der Waals surface area contributed by atoms with Gasteiger partial charge in [0.15, 0.2) is 0 Å². The van der Waals surface area contributed by atoms with Crippen LogP contribution in [-0.2, 0) is 11.2 Å². The van der Waals surface area contributed by atoms with Crippen molar-refractivity contribution in [3.8, 4) is 5.69 Å². The summed E-state index contributed by atoms with van der Waals surface area (Å²) < 4.78 is 1.61. The number of rotatable bonds is 1. The maximum Gasteiger partial charge on any atom is 0.261 e. The molecule has 2 heterocycles. The van der Waals surface area contributed by atoms with Crippen LogP contribution in [0, 0.1) is 0 Å². The highest BCUT2D eigenvalue weighted by atomic mass is 16.2. The second kappa shape index (κ2) is 3.55. The predicted octanol–water partition coefficient (Wildman–Crippen LogP) is 0.685. The standard InChI is InChI=1S/C12H9N3O2/c16-11-6-10-9(12(17)13-11)7-15(14-10)8-4-2-1-3-5-8/h1-5,7H,6H2,(H,13,16,17). The van der Waals surface area contributed by atoms with Crippen molar-refractivity contribution in [3.05, 3.63) is 47.8 Å². The summed E-state index contributed by atoms with van der Waals surface area (Å²) in [6.07, 6.45) is 1.80. The minimum absolute atomic E-state index is 0.154. The maximum absolute atomic E-state index is 11.6. The lowest BCUT2D eigenvalue weighted by Crippen LogP contribution is -2.36. The molecule has 0 unspecified atom stereocenters. The number of nitrogens with zero attached hydrogens (tertiary/aromatic N) is 2. The molecule has 0 saturated carbocycles. The van der Waals surface area contributed by atoms with Gasteiger partial charge in [-0.25, -0.2) is 4.68 Å². The third kappa shape index (κ3) is 1.61. The van der Waals surface area contributed by atoms with Gasteiger partial charge in [-0.1, -0.05) is 18.2 Å². The van der Waals surface area contributed by atoms with Crippen molar-refractivity contribution in [3.63, 3.8) is 0 Å². The highest BCUT2D eigenvalue weighted by molar-refractivity contribution is 6.09. The van der Waals surface area contributed by atoms with Crippen molar-refractivity contribution in [2.75, 3.05) is 0 Å². The van der Waals surface area contributed by atoms with Gasteiger partial charge in [-0.3, -0.25) is 14.9 Å². The van der Waals surface area contributed by atoms with Crippen LogP contribution in [-0.4, -0.2) is 21.6 Å². The Kier molecular flexibility index (Phi) is 2.04. The van der Waals surface area contributed by atoms with Gasteiger partial charge in [0, 0.05) is 6.20 Å². The maximum atomic E-state index is 11.6. The van der Waals surface area contributed by atoms with Gasteiger partial charge in [-0.2, -0.15) is 5.10 Å². The molecule has 2 aromatic rings. The van der Waals surface area contributed by atoms with Gasteiger partial charge >= 0.3 is 0 Å². The van der Waals surface area contributed by atoms with E-state index < -0.39 is 0 Å². The van der Waals surface area contributed by atoms with Crippen LogP contribution in [0.4, 0.5) is 0 Å². The Hall–Kier alpha value is -2.43. The number of hydrogen-bond acceptors (Lipinski definition) is 3. The third-order valence-electron chi connectivity index (χ3n) is 2.64. The molecule has 84 valence electrons. The Balaban J connectivity index is 2.08. The van der Waals surface area contributed by atoms with Crippen molar-refractivity contribution in [1.29, 1.82) is 0 Å². The zero-order chi connectivity index (χ0) is 11.8. The fourth-order valence-electron chi connectivity index (χ4n) is 1.83. The third-order valence-corrected chi connectivity index (χ3v) is 2.64. The lowest BCUT2D eigenvalue weighted by molar-refractivity contribution is -0.119. The molecule has 5 heteroatoms. The highest BCUT2D eigenvalue weighted by Crippen LogP contribution is 2.15. The molecule has 0 radical (unpaired) electrons. The quantitative estimate of drug-likeness (QED) is 0.729. The number of benzene rings is 1. The van der Waals surface area contributed by atoms with Crippen LogP contribution in [0.3, 0.4) is 0 Å². The average Bonchev–Trinajstić information content (AvgIpc) is 2.74. The zero-order valence-corrected chi connectivity index (χ0v) is 8.88. The van der Waals surface area contributed by atoms with Crippen LogP contribution in [0.2, 0.25) is 0 Å². The van der Waals surface area contributed by atoms with Gasteiger partial charge in [0.25, 0.3) is 5.91 Å². The smallest absolute Gasteiger partial charge is 0.261 e. The lowest BCUT2D eigenvalue weighted by Gasteiger charge is -2.07. The van der Waals surface area contributed by atoms with Crippen LogP contribution in [0.1, 0.15) is 16.1 Å². The zero-order valence-electron chi connectivity index (χ0n) is 8.88. The summed E-state index contributed by atoms with van der Waals surface area (Å²) in [6.45, 7) is 0. The number of carbonyl (C=O) groups is 2. The molecule has 1 aromatic carbocycles. The fourth-order valence-corrected chi connectivity index (χ4v) is 1.83. The van der Waals surface area contributed by atoms with E-state index in [1.54, 1.807) is 10.9 Å². The second-order valence-corrected chi connectivity index (χ2v) is 3.82. The molecule has 0 atom stereocenters. The largest absolute Gasteiger partial charge is 0.292 e. The van der Waals surface area contributed by atoms with E-state index in [4.69, 9.17) is 0 Å². The number of fused-ring (bicyclic) bond motifs is 1. The molecular weight excluding hydrogens is 218 g/mol. The molecule has 5 nitrogen and oxygen atoms in total. The number of hydrogen-bond donors (Lipinski definition) is 1. The Labute approximate surface area is 97.1 Å². The van der Waals surface area contributed by atoms with Gasteiger partial charge < -0.3 is 0 Å². The summed E-state index contributed by atoms with van der Waals surface area (Å²) in [7, 11) is 0. The topological polar surface area (TPSA) is 64.0 Å². The van der Waals surface area contributed by atoms with Crippen LogP contribution < -0.4 is 5.32 Å². The van der Waals surface area contributed by atoms with E-state index in [-0.39, 0.29) is 18.2 Å². The number of para-hydroxylation sites is 1. The van der Waals surface area contributed by atoms with E-state index in [0.717, 1.165) is 5.69 Å². The van der Waals surface area contributed by atoms with E-state index in [1.807, 2.05) is 30.3 Å². The summed E-state index contributed by atoms with van der Waals surface area (Å²) >= 11 is 0. The first-order valence-electron chi connectivity index (χ1n) is 5.22. The van der Waals surface area contributed by atoms with Crippen LogP contribution in [0.15, 0.2) is 36.5 Å². The van der Waals surface area contributed by atoms with E-state index in [1.165, 1.54) is 0 Å². The van der Waals surface area contributed by atoms with Crippen molar-refractivity contribution in [2.45, 2.75) is 6.42 Å². The Morgan fingerprint density at radius 3 is 2.71 bits per heavy atom. The normalized spacial score (nSPS) is 14.4. The number of nitrogens with one attached hydrogen (secondary N) is 1. The minimum atomic E-state index is -0.376. The Bertz CT molecular complexity index is 601. The summed E-state index contributed by atoms with van der Waals surface area (Å²) in [5.41, 5.74) is 1.86. The van der Waals surface area contributed by atoms with Gasteiger partial charge in [0.05, 0.1) is 23.4 Å². The second-order valence-electron chi connectivity index (χ2n) is 3.82. The van der Waals surface area contributed by atoms with Crippen LogP contribution in [0.5, 0.6) is 0 Å². The summed E-state index contributed by atoms with van der Waals surface area (Å²) in [5, 5.41) is 6.53. The fraction of sp³-hybridized carbons (Fsp3) is 0.0833. The molecule has 0 aliphatic carbocycles. The number of imide groups is 1. The summed E-state index contributed by atoms with van der Waals surface area (Å²) in [4.78, 5) is 22.8. The monoisotopic (exact) mass is 227 g/mol. The van der Waals surface area contributed by atoms with Gasteiger partial charge in [-0.15, -0.1) is 0 Å². The molecule has 2 amide bonds. The van der Waals surface area contributed by atoms with Gasteiger partial charge in [-0.05, 0) is 12.1 Å². The number of amides is 2. The van der Waals surface area contributed by atoms with E-state index >= 15 is 0 Å². The molecule has 0 saturated heterocycles. The molecule has 0 spiro atoms. The Morgan fingerprint density at radius 1 is 1.18 bits per heavy atom. The molecule has 0 fully saturated rings. The molecule has 3 rings (SSSR count). The first kappa shape index (κ1) is 9.77. The molecule has 0 bridgehead atoms. The molecule has 1 aliphatic heterocycles. The van der Waals surface area contributed by atoms with Gasteiger partial charge in [0.1, 0.15) is 0 Å². The van der Waals surface area contributed by atoms with Crippen LogP contribution in [0.25, 0.3) is 5.69 Å². The SMILES string of the molecule is O=C1Cc2nn(-c3ccccc3)cc2C(=O)N1. The minimum Gasteiger partial charge on any atom is -0.292 e. The summed E-state index contributed by atoms with van der Waals surface area (Å²) in [6, 6.07) is 9.46. The average molecular weight is 227 g/mol. The number of carbonyl (C=O) groups excluding carboxylic acids is 2. The molecule has 1 aliphatic rings. The lowest BCUT2D eigenvalue weighted by atomic mass is 10.1. The molecule has 17 heavy (non-hydrogen) atoms. The Morgan fingerprint density at radius 2 is 1.94 bits per heavy atom. The first-order valence-corrected chi connectivity index (χ1v) is 5.22. The van der Waals surface area contributed by atoms with Crippen molar-refractivity contribution >= 4 is 11.8 Å². The van der Waals surface area contributed by atoms with Crippen LogP contribution >= 0.6 is 0 Å². The van der Waals surface area contributed by atoms with E-state index in [9.17, 15) is 9.59 Å². The number of aromatic nitrogens is 2. The van der Waals surface area contributed by atoms with E-state index in [0.29, 0.717) is 11.3 Å². The van der Waals surface area contributed by atoms with E-state index in [2.05, 4.69) is 10.4 Å². The highest BCUT2D eigenvalue weighted by Gasteiger charge is 2.25. The van der Waals surface area contributed by atoms with Crippen molar-refractivity contribution in [2.24, 2.45) is 0 Å². The van der Waals surface area contributed by atoms with Crippen molar-refractivity contribution in [1.82, 2.24) is 15.1 Å². The molecular formula is C12H9N3O2.